The minimum absolute atomic E-state index is 0.107. The number of nitrogens with two attached hydrogens (primary N) is 1. The Morgan fingerprint density at radius 3 is 2.24 bits per heavy atom. The van der Waals surface area contributed by atoms with Gasteiger partial charge in [0.25, 0.3) is 0 Å². The molecule has 1 fully saturated rings. The first-order valence-electron chi connectivity index (χ1n) is 7.58. The molecule has 21 heavy (non-hydrogen) atoms. The molecule has 1 heterocycles. The second-order valence-electron chi connectivity index (χ2n) is 5.61. The van der Waals surface area contributed by atoms with Gasteiger partial charge in [-0.15, -0.1) is 0 Å². The quantitative estimate of drug-likeness (QED) is 0.777. The van der Waals surface area contributed by atoms with Gasteiger partial charge in [0.15, 0.2) is 0 Å². The van der Waals surface area contributed by atoms with Crippen molar-refractivity contribution in [1.29, 1.82) is 0 Å². The Balaban J connectivity index is 1.84. The molecular formula is C16H25N3OS. The van der Waals surface area contributed by atoms with Gasteiger partial charge in [0.1, 0.15) is 0 Å². The maximum Gasteiger partial charge on any atom is 0.0901 e. The molecule has 1 saturated heterocycles. The molecule has 1 aromatic carbocycles. The summed E-state index contributed by atoms with van der Waals surface area (Å²) in [7, 11) is 0. The zero-order chi connectivity index (χ0) is 15.2. The summed E-state index contributed by atoms with van der Waals surface area (Å²) in [5.41, 5.74) is 8.08. The molecule has 2 rings (SSSR count). The van der Waals surface area contributed by atoms with Crippen molar-refractivity contribution in [1.82, 2.24) is 9.80 Å². The van der Waals surface area contributed by atoms with Gasteiger partial charge >= 0.3 is 0 Å². The van der Waals surface area contributed by atoms with E-state index in [0.717, 1.165) is 44.7 Å². The minimum Gasteiger partial charge on any atom is -0.392 e. The number of piperazine rings is 1. The summed E-state index contributed by atoms with van der Waals surface area (Å²) in [4.78, 5) is 5.47. The van der Waals surface area contributed by atoms with Gasteiger partial charge in [-0.3, -0.25) is 9.80 Å². The van der Waals surface area contributed by atoms with Crippen LogP contribution in [0.15, 0.2) is 24.3 Å². The number of hydrogen-bond acceptors (Lipinski definition) is 4. The average Bonchev–Trinajstić information content (AvgIpc) is 2.50. The van der Waals surface area contributed by atoms with E-state index in [1.54, 1.807) is 0 Å². The standard InChI is InChI=1S/C16H25N3OS/c1-2-15(16(17)21)19-9-7-18(8-10-19)11-13-3-5-14(12-20)6-4-13/h3-6,15,20H,2,7-12H2,1H3,(H2,17,21). The Labute approximate surface area is 132 Å². The smallest absolute Gasteiger partial charge is 0.0901 e. The number of thiocarbonyl (C=S) groups is 1. The highest BCUT2D eigenvalue weighted by atomic mass is 32.1. The maximum absolute atomic E-state index is 9.06. The Morgan fingerprint density at radius 2 is 1.76 bits per heavy atom. The summed E-state index contributed by atoms with van der Waals surface area (Å²) >= 11 is 5.16. The predicted octanol–water partition coefficient (Wildman–Crippen LogP) is 1.36. The van der Waals surface area contributed by atoms with Gasteiger partial charge in [-0.05, 0) is 17.5 Å². The molecule has 3 N–H and O–H groups in total. The Bertz CT molecular complexity index is 455. The lowest BCUT2D eigenvalue weighted by Gasteiger charge is -2.38. The summed E-state index contributed by atoms with van der Waals surface area (Å²) < 4.78 is 0. The first kappa shape index (κ1) is 16.4. The number of nitrogens with zero attached hydrogens (tertiary/aromatic N) is 2. The molecule has 0 bridgehead atoms. The lowest BCUT2D eigenvalue weighted by Crippen LogP contribution is -2.53. The summed E-state index contributed by atoms with van der Waals surface area (Å²) in [5.74, 6) is 0. The fourth-order valence-corrected chi connectivity index (χ4v) is 3.20. The van der Waals surface area contributed by atoms with Crippen LogP contribution in [0.2, 0.25) is 0 Å². The number of aliphatic hydroxyl groups is 1. The summed E-state index contributed by atoms with van der Waals surface area (Å²) in [6.07, 6.45) is 0.984. The van der Waals surface area contributed by atoms with E-state index in [0.29, 0.717) is 4.99 Å². The van der Waals surface area contributed by atoms with Gasteiger partial charge < -0.3 is 10.8 Å². The molecule has 0 aromatic heterocycles. The van der Waals surface area contributed by atoms with E-state index in [1.165, 1.54) is 5.56 Å². The first-order valence-corrected chi connectivity index (χ1v) is 7.99. The van der Waals surface area contributed by atoms with Crippen LogP contribution >= 0.6 is 12.2 Å². The van der Waals surface area contributed by atoms with Crippen LogP contribution in [0.3, 0.4) is 0 Å². The molecule has 0 saturated carbocycles. The maximum atomic E-state index is 9.06. The van der Waals surface area contributed by atoms with Crippen LogP contribution in [0.1, 0.15) is 24.5 Å². The monoisotopic (exact) mass is 307 g/mol. The van der Waals surface area contributed by atoms with Crippen molar-refractivity contribution in [3.05, 3.63) is 35.4 Å². The molecule has 116 valence electrons. The fraction of sp³-hybridized carbons (Fsp3) is 0.562. The third kappa shape index (κ3) is 4.48. The molecule has 1 atom stereocenters. The van der Waals surface area contributed by atoms with Crippen LogP contribution < -0.4 is 5.73 Å². The largest absolute Gasteiger partial charge is 0.392 e. The average molecular weight is 307 g/mol. The van der Waals surface area contributed by atoms with E-state index in [2.05, 4.69) is 28.9 Å². The van der Waals surface area contributed by atoms with Crippen LogP contribution in [-0.2, 0) is 13.2 Å². The normalized spacial score (nSPS) is 18.6. The predicted molar refractivity (Wildman–Crippen MR) is 90.1 cm³/mol. The molecule has 1 aromatic rings. The molecule has 0 radical (unpaired) electrons. The minimum atomic E-state index is 0.107. The molecule has 5 heteroatoms. The van der Waals surface area contributed by atoms with E-state index >= 15 is 0 Å². The van der Waals surface area contributed by atoms with Crippen molar-refractivity contribution in [2.24, 2.45) is 5.73 Å². The Hall–Kier alpha value is -1.01. The van der Waals surface area contributed by atoms with Crippen LogP contribution in [0.5, 0.6) is 0 Å². The highest BCUT2D eigenvalue weighted by Gasteiger charge is 2.24. The highest BCUT2D eigenvalue weighted by molar-refractivity contribution is 7.80. The SMILES string of the molecule is CCC(C(N)=S)N1CCN(Cc2ccc(CO)cc2)CC1. The summed E-state index contributed by atoms with van der Waals surface area (Å²) in [6.45, 7) is 7.33. The Kier molecular flexibility index (Phi) is 6.11. The van der Waals surface area contributed by atoms with Gasteiger partial charge in [0, 0.05) is 32.7 Å². The third-order valence-corrected chi connectivity index (χ3v) is 4.45. The van der Waals surface area contributed by atoms with E-state index in [9.17, 15) is 0 Å². The third-order valence-electron chi connectivity index (χ3n) is 4.17. The molecule has 0 aliphatic carbocycles. The highest BCUT2D eigenvalue weighted by Crippen LogP contribution is 2.13. The summed E-state index contributed by atoms with van der Waals surface area (Å²) in [5, 5.41) is 9.06. The van der Waals surface area contributed by atoms with Gasteiger partial charge in [-0.2, -0.15) is 0 Å². The van der Waals surface area contributed by atoms with Crippen LogP contribution in [0, 0.1) is 0 Å². The molecule has 0 amide bonds. The van der Waals surface area contributed by atoms with Crippen molar-refractivity contribution >= 4 is 17.2 Å². The van der Waals surface area contributed by atoms with E-state index in [4.69, 9.17) is 23.1 Å². The fourth-order valence-electron chi connectivity index (χ4n) is 2.88. The van der Waals surface area contributed by atoms with Crippen molar-refractivity contribution in [2.75, 3.05) is 26.2 Å². The number of aliphatic hydroxyl groups excluding tert-OH is 1. The van der Waals surface area contributed by atoms with E-state index in [-0.39, 0.29) is 12.6 Å². The Morgan fingerprint density at radius 1 is 1.19 bits per heavy atom. The van der Waals surface area contributed by atoms with Crippen molar-refractivity contribution in [3.63, 3.8) is 0 Å². The van der Waals surface area contributed by atoms with Crippen LogP contribution in [0.25, 0.3) is 0 Å². The van der Waals surface area contributed by atoms with Crippen LogP contribution in [-0.4, -0.2) is 52.1 Å². The first-order chi connectivity index (χ1) is 10.1. The second kappa shape index (κ2) is 7.84. The number of hydrogen-bond donors (Lipinski definition) is 2. The van der Waals surface area contributed by atoms with Crippen molar-refractivity contribution in [3.8, 4) is 0 Å². The lowest BCUT2D eigenvalue weighted by atomic mass is 10.1. The second-order valence-corrected chi connectivity index (χ2v) is 6.08. The van der Waals surface area contributed by atoms with E-state index in [1.807, 2.05) is 12.1 Å². The number of benzene rings is 1. The van der Waals surface area contributed by atoms with Gasteiger partial charge in [0.05, 0.1) is 17.6 Å². The topological polar surface area (TPSA) is 52.7 Å². The van der Waals surface area contributed by atoms with Gasteiger partial charge in [-0.25, -0.2) is 0 Å². The molecule has 0 spiro atoms. The molecule has 1 aliphatic rings. The van der Waals surface area contributed by atoms with Gasteiger partial charge in [-0.1, -0.05) is 43.4 Å². The van der Waals surface area contributed by atoms with Crippen LogP contribution in [0.4, 0.5) is 0 Å². The molecule has 1 unspecified atom stereocenters. The molecule has 4 nitrogen and oxygen atoms in total. The summed E-state index contributed by atoms with van der Waals surface area (Å²) in [6, 6.07) is 8.42. The number of rotatable bonds is 6. The van der Waals surface area contributed by atoms with E-state index < -0.39 is 0 Å². The zero-order valence-corrected chi connectivity index (χ0v) is 13.5. The van der Waals surface area contributed by atoms with Crippen molar-refractivity contribution in [2.45, 2.75) is 32.5 Å². The van der Waals surface area contributed by atoms with Gasteiger partial charge in [0.2, 0.25) is 0 Å². The molecule has 1 aliphatic heterocycles. The zero-order valence-electron chi connectivity index (χ0n) is 12.7. The molecular weight excluding hydrogens is 282 g/mol. The van der Waals surface area contributed by atoms with Crippen molar-refractivity contribution < 1.29 is 5.11 Å². The lowest BCUT2D eigenvalue weighted by molar-refractivity contribution is 0.112.